The highest BCUT2D eigenvalue weighted by molar-refractivity contribution is 5.79. The van der Waals surface area contributed by atoms with E-state index in [4.69, 9.17) is 0 Å². The first-order chi connectivity index (χ1) is 5.93. The summed E-state index contributed by atoms with van der Waals surface area (Å²) in [5.74, 6) is 0.308. The maximum atomic E-state index is 11.6. The highest BCUT2D eigenvalue weighted by Gasteiger charge is 2.47. The van der Waals surface area contributed by atoms with Gasteiger partial charge in [0.25, 0.3) is 0 Å². The lowest BCUT2D eigenvalue weighted by Crippen LogP contribution is -2.63. The van der Waals surface area contributed by atoms with Crippen LogP contribution in [-0.2, 0) is 4.79 Å². The molecular weight excluding hydrogens is 164 g/mol. The molecule has 13 heavy (non-hydrogen) atoms. The third-order valence-corrected chi connectivity index (χ3v) is 3.26. The predicted molar refractivity (Wildman–Crippen MR) is 51.1 cm³/mol. The van der Waals surface area contributed by atoms with Gasteiger partial charge >= 0.3 is 0 Å². The van der Waals surface area contributed by atoms with Crippen molar-refractivity contribution in [3.8, 4) is 0 Å². The van der Waals surface area contributed by atoms with Gasteiger partial charge in [0, 0.05) is 19.5 Å². The van der Waals surface area contributed by atoms with Gasteiger partial charge < -0.3 is 4.90 Å². The molecule has 3 nitrogen and oxygen atoms in total. The van der Waals surface area contributed by atoms with Gasteiger partial charge in [-0.15, -0.1) is 0 Å². The molecule has 2 heterocycles. The number of hydrogen-bond acceptors (Lipinski definition) is 2. The number of rotatable bonds is 0. The Morgan fingerprint density at radius 1 is 1.38 bits per heavy atom. The molecule has 2 rings (SSSR count). The van der Waals surface area contributed by atoms with Crippen LogP contribution < -0.4 is 5.32 Å². The van der Waals surface area contributed by atoms with Crippen LogP contribution in [0.25, 0.3) is 0 Å². The third-order valence-electron chi connectivity index (χ3n) is 3.26. The first kappa shape index (κ1) is 9.00. The van der Waals surface area contributed by atoms with Crippen molar-refractivity contribution in [1.29, 1.82) is 0 Å². The molecule has 0 aliphatic carbocycles. The van der Waals surface area contributed by atoms with E-state index in [-0.39, 0.29) is 11.1 Å². The molecule has 2 aliphatic rings. The Labute approximate surface area is 79.5 Å². The molecule has 0 saturated carbocycles. The van der Waals surface area contributed by atoms with E-state index < -0.39 is 0 Å². The summed E-state index contributed by atoms with van der Waals surface area (Å²) in [6, 6.07) is 0. The lowest BCUT2D eigenvalue weighted by molar-refractivity contribution is -0.136. The number of hydrogen-bond donors (Lipinski definition) is 1. The Morgan fingerprint density at radius 3 is 2.77 bits per heavy atom. The van der Waals surface area contributed by atoms with Crippen LogP contribution in [0.4, 0.5) is 0 Å². The summed E-state index contributed by atoms with van der Waals surface area (Å²) in [4.78, 5) is 13.6. The van der Waals surface area contributed by atoms with Crippen LogP contribution in [0, 0.1) is 5.41 Å². The number of nitrogens with zero attached hydrogens (tertiary/aromatic N) is 1. The third kappa shape index (κ3) is 1.35. The largest absolute Gasteiger partial charge is 0.324 e. The van der Waals surface area contributed by atoms with E-state index in [1.165, 1.54) is 0 Å². The quantitative estimate of drug-likeness (QED) is 0.605. The molecule has 0 spiro atoms. The zero-order valence-corrected chi connectivity index (χ0v) is 8.68. The Hall–Kier alpha value is -0.570. The van der Waals surface area contributed by atoms with Gasteiger partial charge in [0.2, 0.25) is 5.91 Å². The lowest BCUT2D eigenvalue weighted by atomic mass is 9.88. The Morgan fingerprint density at radius 2 is 2.08 bits per heavy atom. The van der Waals surface area contributed by atoms with Crippen LogP contribution in [0.5, 0.6) is 0 Å². The summed E-state index contributed by atoms with van der Waals surface area (Å²) in [6.45, 7) is 8.44. The van der Waals surface area contributed by atoms with Crippen molar-refractivity contribution in [2.45, 2.75) is 39.3 Å². The van der Waals surface area contributed by atoms with Crippen molar-refractivity contribution in [3.63, 3.8) is 0 Å². The van der Waals surface area contributed by atoms with Crippen molar-refractivity contribution in [2.75, 3.05) is 13.1 Å². The van der Waals surface area contributed by atoms with Gasteiger partial charge in [-0.3, -0.25) is 10.1 Å². The van der Waals surface area contributed by atoms with Gasteiger partial charge in [-0.1, -0.05) is 13.8 Å². The maximum absolute atomic E-state index is 11.6. The molecular formula is C10H18N2O. The fraction of sp³-hybridized carbons (Fsp3) is 0.900. The minimum Gasteiger partial charge on any atom is -0.324 e. The van der Waals surface area contributed by atoms with Crippen LogP contribution in [0.3, 0.4) is 0 Å². The summed E-state index contributed by atoms with van der Waals surface area (Å²) in [7, 11) is 0. The van der Waals surface area contributed by atoms with Crippen molar-refractivity contribution < 1.29 is 4.79 Å². The number of fused-ring (bicyclic) bond motifs is 1. The molecule has 2 saturated heterocycles. The minimum absolute atomic E-state index is 0.0490. The van der Waals surface area contributed by atoms with E-state index in [1.54, 1.807) is 0 Å². The highest BCUT2D eigenvalue weighted by Crippen LogP contribution is 2.35. The molecule has 0 aromatic rings. The molecule has 1 amide bonds. The van der Waals surface area contributed by atoms with E-state index in [0.717, 1.165) is 19.5 Å². The lowest BCUT2D eigenvalue weighted by Gasteiger charge is -2.47. The summed E-state index contributed by atoms with van der Waals surface area (Å²) >= 11 is 0. The van der Waals surface area contributed by atoms with E-state index in [0.29, 0.717) is 12.3 Å². The fourth-order valence-electron chi connectivity index (χ4n) is 2.26. The molecule has 2 aliphatic heterocycles. The van der Waals surface area contributed by atoms with E-state index >= 15 is 0 Å². The maximum Gasteiger partial charge on any atom is 0.224 e. The van der Waals surface area contributed by atoms with Crippen molar-refractivity contribution in [1.82, 2.24) is 10.2 Å². The fourth-order valence-corrected chi connectivity index (χ4v) is 2.26. The standard InChI is InChI=1S/C10H18N2O/c1-9(2)6-11-10(3)5-4-8(13)12(10)7-9/h11H,4-7H2,1-3H3. The van der Waals surface area contributed by atoms with Gasteiger partial charge in [-0.05, 0) is 18.8 Å². The minimum atomic E-state index is -0.0490. The molecule has 0 aromatic heterocycles. The number of carbonyl (C=O) groups excluding carboxylic acids is 1. The Bertz CT molecular complexity index is 249. The van der Waals surface area contributed by atoms with Gasteiger partial charge in [-0.2, -0.15) is 0 Å². The molecule has 3 heteroatoms. The first-order valence-electron chi connectivity index (χ1n) is 4.99. The van der Waals surface area contributed by atoms with Crippen molar-refractivity contribution in [2.24, 2.45) is 5.41 Å². The number of carbonyl (C=O) groups is 1. The van der Waals surface area contributed by atoms with Crippen LogP contribution in [0.1, 0.15) is 33.6 Å². The molecule has 1 atom stereocenters. The van der Waals surface area contributed by atoms with Crippen LogP contribution in [-0.4, -0.2) is 29.6 Å². The van der Waals surface area contributed by atoms with E-state index in [1.807, 2.05) is 4.90 Å². The normalized spacial score (nSPS) is 37.8. The average molecular weight is 182 g/mol. The zero-order valence-electron chi connectivity index (χ0n) is 8.68. The van der Waals surface area contributed by atoms with Crippen LogP contribution in [0.15, 0.2) is 0 Å². The second-order valence-corrected chi connectivity index (χ2v) is 5.27. The summed E-state index contributed by atoms with van der Waals surface area (Å²) < 4.78 is 0. The topological polar surface area (TPSA) is 32.3 Å². The average Bonchev–Trinajstić information content (AvgIpc) is 2.31. The highest BCUT2D eigenvalue weighted by atomic mass is 16.2. The second-order valence-electron chi connectivity index (χ2n) is 5.27. The van der Waals surface area contributed by atoms with Gasteiger partial charge in [0.1, 0.15) is 0 Å². The molecule has 1 unspecified atom stereocenters. The molecule has 74 valence electrons. The summed E-state index contributed by atoms with van der Waals surface area (Å²) in [6.07, 6.45) is 1.67. The SMILES string of the molecule is CC1(C)CNC2(C)CCC(=O)N2C1. The summed E-state index contributed by atoms with van der Waals surface area (Å²) in [5, 5.41) is 3.48. The molecule has 0 radical (unpaired) electrons. The van der Waals surface area contributed by atoms with Crippen molar-refractivity contribution >= 4 is 5.91 Å². The van der Waals surface area contributed by atoms with Crippen LogP contribution in [0.2, 0.25) is 0 Å². The zero-order chi connectivity index (χ0) is 9.69. The Kier molecular flexibility index (Phi) is 1.71. The number of nitrogens with one attached hydrogen (secondary N) is 1. The smallest absolute Gasteiger partial charge is 0.224 e. The molecule has 0 aromatic carbocycles. The van der Waals surface area contributed by atoms with Gasteiger partial charge in [0.15, 0.2) is 0 Å². The number of amides is 1. The first-order valence-corrected chi connectivity index (χ1v) is 4.99. The molecule has 2 fully saturated rings. The van der Waals surface area contributed by atoms with E-state index in [9.17, 15) is 4.79 Å². The summed E-state index contributed by atoms with van der Waals surface area (Å²) in [5.41, 5.74) is 0.173. The van der Waals surface area contributed by atoms with Gasteiger partial charge in [-0.25, -0.2) is 0 Å². The second kappa shape index (κ2) is 2.47. The monoisotopic (exact) mass is 182 g/mol. The molecule has 0 bridgehead atoms. The van der Waals surface area contributed by atoms with Crippen LogP contribution >= 0.6 is 0 Å². The van der Waals surface area contributed by atoms with E-state index in [2.05, 4.69) is 26.1 Å². The van der Waals surface area contributed by atoms with Crippen molar-refractivity contribution in [3.05, 3.63) is 0 Å². The Balaban J connectivity index is 2.22. The molecule has 1 N–H and O–H groups in total. The predicted octanol–water partition coefficient (Wildman–Crippen LogP) is 0.954. The van der Waals surface area contributed by atoms with Gasteiger partial charge in [0.05, 0.1) is 5.66 Å².